The van der Waals surface area contributed by atoms with Gasteiger partial charge in [0.05, 0.1) is 5.69 Å². The second kappa shape index (κ2) is 4.58. The number of nitrogen functional groups attached to an aromatic ring is 1. The first-order valence-electron chi connectivity index (χ1n) is 5.87. The van der Waals surface area contributed by atoms with E-state index < -0.39 is 5.97 Å². The molecule has 5 heteroatoms. The third-order valence-corrected chi connectivity index (χ3v) is 3.35. The molecule has 0 unspecified atom stereocenters. The molecule has 0 atom stereocenters. The second-order valence-electron chi connectivity index (χ2n) is 4.37. The fourth-order valence-corrected chi connectivity index (χ4v) is 2.22. The quantitative estimate of drug-likeness (QED) is 0.746. The largest absolute Gasteiger partial charge is 0.475 e. The summed E-state index contributed by atoms with van der Waals surface area (Å²) in [7, 11) is 0. The maximum atomic E-state index is 11.0. The van der Waals surface area contributed by atoms with Crippen LogP contribution in [0.5, 0.6) is 0 Å². The van der Waals surface area contributed by atoms with E-state index in [4.69, 9.17) is 26.9 Å². The summed E-state index contributed by atoms with van der Waals surface area (Å²) < 4.78 is 5.22. The van der Waals surface area contributed by atoms with Gasteiger partial charge < -0.3 is 15.3 Å². The lowest BCUT2D eigenvalue weighted by molar-refractivity contribution is 0.0666. The van der Waals surface area contributed by atoms with Crippen LogP contribution in [0.4, 0.5) is 5.69 Å². The Morgan fingerprint density at radius 2 is 1.75 bits per heavy atom. The van der Waals surface area contributed by atoms with Gasteiger partial charge in [-0.25, -0.2) is 4.79 Å². The van der Waals surface area contributed by atoms with Gasteiger partial charge in [0.15, 0.2) is 0 Å². The Labute approximate surface area is 119 Å². The number of benzene rings is 2. The van der Waals surface area contributed by atoms with E-state index in [0.717, 1.165) is 11.1 Å². The number of rotatable bonds is 2. The predicted octanol–water partition coefficient (Wildman–Crippen LogP) is 4.03. The molecule has 2 aromatic carbocycles. The first kappa shape index (κ1) is 12.6. The van der Waals surface area contributed by atoms with Crippen molar-refractivity contribution in [1.29, 1.82) is 0 Å². The Kier molecular flexibility index (Phi) is 2.88. The molecule has 3 aromatic rings. The van der Waals surface area contributed by atoms with Gasteiger partial charge in [0.2, 0.25) is 5.76 Å². The highest BCUT2D eigenvalue weighted by molar-refractivity contribution is 6.30. The van der Waals surface area contributed by atoms with Crippen molar-refractivity contribution < 1.29 is 14.3 Å². The van der Waals surface area contributed by atoms with Crippen molar-refractivity contribution in [2.45, 2.75) is 0 Å². The van der Waals surface area contributed by atoms with Gasteiger partial charge in [-0.2, -0.15) is 0 Å². The molecular weight excluding hydrogens is 278 g/mol. The van der Waals surface area contributed by atoms with Crippen LogP contribution in [0.3, 0.4) is 0 Å². The highest BCUT2D eigenvalue weighted by Gasteiger charge is 2.17. The molecule has 20 heavy (non-hydrogen) atoms. The van der Waals surface area contributed by atoms with Crippen molar-refractivity contribution in [2.24, 2.45) is 0 Å². The Morgan fingerprint density at radius 1 is 1.10 bits per heavy atom. The molecule has 4 nitrogen and oxygen atoms in total. The molecule has 0 saturated heterocycles. The maximum absolute atomic E-state index is 11.0. The van der Waals surface area contributed by atoms with Gasteiger partial charge in [0.25, 0.3) is 0 Å². The molecule has 100 valence electrons. The average molecular weight is 288 g/mol. The molecule has 3 N–H and O–H groups in total. The van der Waals surface area contributed by atoms with Crippen molar-refractivity contribution in [3.05, 3.63) is 53.2 Å². The number of fused-ring (bicyclic) bond motifs is 1. The molecule has 1 heterocycles. The van der Waals surface area contributed by atoms with Crippen LogP contribution < -0.4 is 5.73 Å². The van der Waals surface area contributed by atoms with E-state index in [9.17, 15) is 4.79 Å². The van der Waals surface area contributed by atoms with Gasteiger partial charge in [0, 0.05) is 10.4 Å². The summed E-state index contributed by atoms with van der Waals surface area (Å²) in [5, 5.41) is 10.2. The first-order chi connectivity index (χ1) is 9.56. The molecule has 0 fully saturated rings. The first-order valence-corrected chi connectivity index (χ1v) is 6.25. The van der Waals surface area contributed by atoms with Crippen LogP contribution in [-0.2, 0) is 0 Å². The molecule has 0 bridgehead atoms. The standard InChI is InChI=1S/C15H10ClNO3/c16-10-4-1-8(2-5-10)9-3-6-12-11(7-9)13(17)14(20-12)15(18)19/h1-7H,17H2,(H,18,19). The van der Waals surface area contributed by atoms with Gasteiger partial charge in [-0.05, 0) is 35.4 Å². The summed E-state index contributed by atoms with van der Waals surface area (Å²) in [6, 6.07) is 12.7. The van der Waals surface area contributed by atoms with E-state index in [1.165, 1.54) is 0 Å². The Bertz CT molecular complexity index is 806. The number of hydrogen-bond acceptors (Lipinski definition) is 3. The summed E-state index contributed by atoms with van der Waals surface area (Å²) in [5.74, 6) is -1.40. The Balaban J connectivity index is 2.17. The smallest absolute Gasteiger partial charge is 0.374 e. The van der Waals surface area contributed by atoms with Gasteiger partial charge >= 0.3 is 5.97 Å². The summed E-state index contributed by atoms with van der Waals surface area (Å²) in [5.41, 5.74) is 8.30. The van der Waals surface area contributed by atoms with Crippen LogP contribution in [0.1, 0.15) is 10.6 Å². The van der Waals surface area contributed by atoms with Gasteiger partial charge in [0.1, 0.15) is 5.58 Å². The maximum Gasteiger partial charge on any atom is 0.374 e. The SMILES string of the molecule is Nc1c(C(=O)O)oc2ccc(-c3ccc(Cl)cc3)cc12. The summed E-state index contributed by atoms with van der Waals surface area (Å²) in [6.07, 6.45) is 0. The number of carboxylic acid groups (broad SMARTS) is 1. The molecule has 0 aliphatic carbocycles. The number of aromatic carboxylic acids is 1. The zero-order valence-corrected chi connectivity index (χ0v) is 11.0. The zero-order chi connectivity index (χ0) is 14.3. The third kappa shape index (κ3) is 2.00. The minimum absolute atomic E-state index is 0.142. The zero-order valence-electron chi connectivity index (χ0n) is 10.3. The van der Waals surface area contributed by atoms with Crippen LogP contribution in [0.2, 0.25) is 5.02 Å². The number of hydrogen-bond donors (Lipinski definition) is 2. The Morgan fingerprint density at radius 3 is 2.40 bits per heavy atom. The van der Waals surface area contributed by atoms with E-state index in [0.29, 0.717) is 16.0 Å². The van der Waals surface area contributed by atoms with Crippen molar-refractivity contribution in [2.75, 3.05) is 5.73 Å². The minimum atomic E-state index is -1.17. The normalized spacial score (nSPS) is 10.8. The second-order valence-corrected chi connectivity index (χ2v) is 4.80. The molecule has 0 saturated carbocycles. The summed E-state index contributed by atoms with van der Waals surface area (Å²) in [6.45, 7) is 0. The third-order valence-electron chi connectivity index (χ3n) is 3.10. The molecule has 0 radical (unpaired) electrons. The van der Waals surface area contributed by atoms with E-state index in [1.54, 1.807) is 18.2 Å². The van der Waals surface area contributed by atoms with Crippen molar-refractivity contribution >= 4 is 34.2 Å². The number of carboxylic acids is 1. The highest BCUT2D eigenvalue weighted by Crippen LogP contribution is 2.32. The van der Waals surface area contributed by atoms with E-state index in [-0.39, 0.29) is 11.4 Å². The predicted molar refractivity (Wildman–Crippen MR) is 78.0 cm³/mol. The van der Waals surface area contributed by atoms with Gasteiger partial charge in [-0.3, -0.25) is 0 Å². The lowest BCUT2D eigenvalue weighted by Gasteiger charge is -2.02. The van der Waals surface area contributed by atoms with Gasteiger partial charge in [-0.1, -0.05) is 29.8 Å². The molecule has 0 spiro atoms. The molecule has 0 aliphatic rings. The van der Waals surface area contributed by atoms with E-state index in [2.05, 4.69) is 0 Å². The fourth-order valence-electron chi connectivity index (χ4n) is 2.10. The van der Waals surface area contributed by atoms with Crippen LogP contribution in [-0.4, -0.2) is 11.1 Å². The molecular formula is C15H10ClNO3. The molecule has 3 rings (SSSR count). The molecule has 0 aliphatic heterocycles. The van der Waals surface area contributed by atoms with E-state index in [1.807, 2.05) is 24.3 Å². The van der Waals surface area contributed by atoms with E-state index >= 15 is 0 Å². The summed E-state index contributed by atoms with van der Waals surface area (Å²) in [4.78, 5) is 11.0. The van der Waals surface area contributed by atoms with Crippen molar-refractivity contribution in [3.8, 4) is 11.1 Å². The summed E-state index contributed by atoms with van der Waals surface area (Å²) >= 11 is 5.86. The van der Waals surface area contributed by atoms with Crippen molar-refractivity contribution in [3.63, 3.8) is 0 Å². The Hall–Kier alpha value is -2.46. The minimum Gasteiger partial charge on any atom is -0.475 e. The number of furan rings is 1. The van der Waals surface area contributed by atoms with Crippen LogP contribution in [0.25, 0.3) is 22.1 Å². The van der Waals surface area contributed by atoms with Crippen molar-refractivity contribution in [1.82, 2.24) is 0 Å². The van der Waals surface area contributed by atoms with Crippen LogP contribution in [0, 0.1) is 0 Å². The highest BCUT2D eigenvalue weighted by atomic mass is 35.5. The number of anilines is 1. The monoisotopic (exact) mass is 287 g/mol. The van der Waals surface area contributed by atoms with Gasteiger partial charge in [-0.15, -0.1) is 0 Å². The lowest BCUT2D eigenvalue weighted by Crippen LogP contribution is -1.98. The topological polar surface area (TPSA) is 76.5 Å². The molecule has 0 amide bonds. The molecule has 1 aromatic heterocycles. The average Bonchev–Trinajstić information content (AvgIpc) is 2.77. The van der Waals surface area contributed by atoms with Crippen LogP contribution >= 0.6 is 11.6 Å². The lowest BCUT2D eigenvalue weighted by atomic mass is 10.0. The number of nitrogens with two attached hydrogens (primary N) is 1. The number of carbonyl (C=O) groups is 1. The van der Waals surface area contributed by atoms with Crippen LogP contribution in [0.15, 0.2) is 46.9 Å². The number of halogens is 1. The fraction of sp³-hybridized carbons (Fsp3) is 0.